The molecule has 1 heterocycles. The van der Waals surface area contributed by atoms with Crippen molar-refractivity contribution in [3.63, 3.8) is 0 Å². The SMILES string of the molecule is CCN(Cc1cccc2c1OCCO2)C(=O)c1cc(S(=O)(=O)NC(C)(C)C)ccc1C. The smallest absolute Gasteiger partial charge is 0.254 e. The zero-order valence-corrected chi connectivity index (χ0v) is 19.5. The highest BCUT2D eigenvalue weighted by atomic mass is 32.2. The molecule has 0 atom stereocenters. The molecule has 0 bridgehead atoms. The van der Waals surface area contributed by atoms with Gasteiger partial charge in [0.05, 0.1) is 4.90 Å². The van der Waals surface area contributed by atoms with E-state index < -0.39 is 15.6 Å². The molecular formula is C23H30N2O5S. The van der Waals surface area contributed by atoms with Gasteiger partial charge >= 0.3 is 0 Å². The van der Waals surface area contributed by atoms with Gasteiger partial charge in [-0.3, -0.25) is 4.79 Å². The summed E-state index contributed by atoms with van der Waals surface area (Å²) in [6.45, 7) is 10.8. The molecule has 31 heavy (non-hydrogen) atoms. The van der Waals surface area contributed by atoms with E-state index in [2.05, 4.69) is 4.72 Å². The molecule has 168 valence electrons. The highest BCUT2D eigenvalue weighted by Gasteiger charge is 2.26. The second-order valence-electron chi connectivity index (χ2n) is 8.59. The van der Waals surface area contributed by atoms with E-state index in [-0.39, 0.29) is 10.8 Å². The van der Waals surface area contributed by atoms with Gasteiger partial charge in [-0.1, -0.05) is 18.2 Å². The Morgan fingerprint density at radius 2 is 1.84 bits per heavy atom. The summed E-state index contributed by atoms with van der Waals surface area (Å²) in [5, 5.41) is 0. The minimum absolute atomic E-state index is 0.0706. The van der Waals surface area contributed by atoms with E-state index in [1.165, 1.54) is 12.1 Å². The van der Waals surface area contributed by atoms with E-state index in [1.807, 2.05) is 25.1 Å². The van der Waals surface area contributed by atoms with Gasteiger partial charge in [-0.05, 0) is 58.4 Å². The van der Waals surface area contributed by atoms with Gasteiger partial charge in [-0.2, -0.15) is 0 Å². The summed E-state index contributed by atoms with van der Waals surface area (Å²) >= 11 is 0. The van der Waals surface area contributed by atoms with Crippen LogP contribution in [0.3, 0.4) is 0 Å². The lowest BCUT2D eigenvalue weighted by atomic mass is 10.1. The summed E-state index contributed by atoms with van der Waals surface area (Å²) in [7, 11) is -3.75. The first-order valence-corrected chi connectivity index (χ1v) is 11.8. The number of carbonyl (C=O) groups excluding carboxylic acids is 1. The van der Waals surface area contributed by atoms with Gasteiger partial charge in [-0.25, -0.2) is 13.1 Å². The molecule has 3 rings (SSSR count). The lowest BCUT2D eigenvalue weighted by Crippen LogP contribution is -2.40. The van der Waals surface area contributed by atoms with E-state index in [9.17, 15) is 13.2 Å². The fourth-order valence-corrected chi connectivity index (χ4v) is 4.87. The lowest BCUT2D eigenvalue weighted by molar-refractivity contribution is 0.0748. The Bertz CT molecular complexity index is 1070. The highest BCUT2D eigenvalue weighted by Crippen LogP contribution is 2.34. The number of hydrogen-bond acceptors (Lipinski definition) is 5. The van der Waals surface area contributed by atoms with E-state index >= 15 is 0 Å². The van der Waals surface area contributed by atoms with Crippen molar-refractivity contribution in [1.82, 2.24) is 9.62 Å². The summed E-state index contributed by atoms with van der Waals surface area (Å²) in [6.07, 6.45) is 0. The van der Waals surface area contributed by atoms with Crippen LogP contribution in [0.15, 0.2) is 41.3 Å². The van der Waals surface area contributed by atoms with Crippen molar-refractivity contribution in [2.45, 2.75) is 51.6 Å². The topological polar surface area (TPSA) is 84.9 Å². The van der Waals surface area contributed by atoms with E-state index in [1.54, 1.807) is 38.7 Å². The molecule has 2 aromatic rings. The van der Waals surface area contributed by atoms with Crippen molar-refractivity contribution in [1.29, 1.82) is 0 Å². The van der Waals surface area contributed by atoms with E-state index in [4.69, 9.17) is 9.47 Å². The van der Waals surface area contributed by atoms with Crippen LogP contribution in [0.25, 0.3) is 0 Å². The molecule has 0 unspecified atom stereocenters. The molecule has 1 aliphatic rings. The van der Waals surface area contributed by atoms with Crippen molar-refractivity contribution in [2.75, 3.05) is 19.8 Å². The number of aryl methyl sites for hydroxylation is 1. The first kappa shape index (κ1) is 23.1. The molecule has 0 spiro atoms. The lowest BCUT2D eigenvalue weighted by Gasteiger charge is -2.26. The maximum Gasteiger partial charge on any atom is 0.254 e. The molecule has 1 amide bonds. The Labute approximate surface area is 184 Å². The fourth-order valence-electron chi connectivity index (χ4n) is 3.42. The van der Waals surface area contributed by atoms with Gasteiger partial charge in [0.1, 0.15) is 13.2 Å². The number of benzene rings is 2. The largest absolute Gasteiger partial charge is 0.486 e. The van der Waals surface area contributed by atoms with Crippen molar-refractivity contribution in [2.24, 2.45) is 0 Å². The number of sulfonamides is 1. The molecular weight excluding hydrogens is 416 g/mol. The molecule has 0 aliphatic carbocycles. The molecule has 2 aromatic carbocycles. The zero-order valence-electron chi connectivity index (χ0n) is 18.7. The Hall–Kier alpha value is -2.58. The van der Waals surface area contributed by atoms with Crippen LogP contribution in [0.4, 0.5) is 0 Å². The molecule has 0 saturated carbocycles. The predicted molar refractivity (Wildman–Crippen MR) is 119 cm³/mol. The monoisotopic (exact) mass is 446 g/mol. The van der Waals surface area contributed by atoms with Crippen molar-refractivity contribution in [3.8, 4) is 11.5 Å². The highest BCUT2D eigenvalue weighted by molar-refractivity contribution is 7.89. The van der Waals surface area contributed by atoms with Crippen LogP contribution >= 0.6 is 0 Å². The summed E-state index contributed by atoms with van der Waals surface area (Å²) in [4.78, 5) is 15.1. The van der Waals surface area contributed by atoms with E-state index in [0.717, 1.165) is 5.56 Å². The molecule has 1 N–H and O–H groups in total. The average Bonchev–Trinajstić information content (AvgIpc) is 2.70. The summed E-state index contributed by atoms with van der Waals surface area (Å²) < 4.78 is 39.6. The molecule has 0 radical (unpaired) electrons. The molecule has 8 heteroatoms. The number of nitrogens with one attached hydrogen (secondary N) is 1. The van der Waals surface area contributed by atoms with Crippen molar-refractivity contribution >= 4 is 15.9 Å². The Morgan fingerprint density at radius 1 is 1.13 bits per heavy atom. The summed E-state index contributed by atoms with van der Waals surface area (Å²) in [5.74, 6) is 1.09. The van der Waals surface area contributed by atoms with Crippen LogP contribution in [0.5, 0.6) is 11.5 Å². The number of fused-ring (bicyclic) bond motifs is 1. The van der Waals surface area contributed by atoms with Crippen LogP contribution in [0, 0.1) is 6.92 Å². The number of rotatable bonds is 6. The Kier molecular flexibility index (Phi) is 6.62. The number of amides is 1. The van der Waals surface area contributed by atoms with Gasteiger partial charge in [0, 0.05) is 29.8 Å². The third kappa shape index (κ3) is 5.37. The predicted octanol–water partition coefficient (Wildman–Crippen LogP) is 3.51. The maximum absolute atomic E-state index is 13.4. The maximum atomic E-state index is 13.4. The Morgan fingerprint density at radius 3 is 2.52 bits per heavy atom. The molecule has 0 aromatic heterocycles. The second kappa shape index (κ2) is 8.88. The van der Waals surface area contributed by atoms with Gasteiger partial charge in [-0.15, -0.1) is 0 Å². The van der Waals surface area contributed by atoms with Crippen molar-refractivity contribution < 1.29 is 22.7 Å². The first-order valence-electron chi connectivity index (χ1n) is 10.3. The third-order valence-corrected chi connectivity index (χ3v) is 6.62. The summed E-state index contributed by atoms with van der Waals surface area (Å²) in [5.41, 5.74) is 1.30. The van der Waals surface area contributed by atoms with Gasteiger partial charge < -0.3 is 14.4 Å². The van der Waals surface area contributed by atoms with Crippen LogP contribution in [0.1, 0.15) is 49.2 Å². The second-order valence-corrected chi connectivity index (χ2v) is 10.3. The Balaban J connectivity index is 1.91. The quantitative estimate of drug-likeness (QED) is 0.734. The van der Waals surface area contributed by atoms with Crippen LogP contribution in [-0.4, -0.2) is 44.5 Å². The molecule has 0 fully saturated rings. The van der Waals surface area contributed by atoms with Crippen LogP contribution < -0.4 is 14.2 Å². The zero-order chi connectivity index (χ0) is 22.8. The number of para-hydroxylation sites is 1. The van der Waals surface area contributed by atoms with Gasteiger partial charge in [0.25, 0.3) is 5.91 Å². The minimum atomic E-state index is -3.75. The number of carbonyl (C=O) groups is 1. The molecule has 0 saturated heterocycles. The standard InChI is InChI=1S/C23H30N2O5S/c1-6-25(15-17-8-7-9-20-21(17)30-13-12-29-20)22(26)19-14-18(11-10-16(19)2)31(27,28)24-23(3,4)5/h7-11,14,24H,6,12-13,15H2,1-5H3. The first-order chi connectivity index (χ1) is 14.5. The van der Waals surface area contributed by atoms with Crippen LogP contribution in [0.2, 0.25) is 0 Å². The van der Waals surface area contributed by atoms with E-state index in [0.29, 0.717) is 48.9 Å². The van der Waals surface area contributed by atoms with Crippen molar-refractivity contribution in [3.05, 3.63) is 53.1 Å². The minimum Gasteiger partial charge on any atom is -0.486 e. The van der Waals surface area contributed by atoms with Gasteiger partial charge in [0.2, 0.25) is 10.0 Å². The average molecular weight is 447 g/mol. The number of hydrogen-bond donors (Lipinski definition) is 1. The number of nitrogens with zero attached hydrogens (tertiary/aromatic N) is 1. The third-order valence-electron chi connectivity index (χ3n) is 4.87. The molecule has 1 aliphatic heterocycles. The molecule has 7 nitrogen and oxygen atoms in total. The van der Waals surface area contributed by atoms with Gasteiger partial charge in [0.15, 0.2) is 11.5 Å². The summed E-state index contributed by atoms with van der Waals surface area (Å²) in [6, 6.07) is 10.3. The fraction of sp³-hybridized carbons (Fsp3) is 0.435. The number of ether oxygens (including phenoxy) is 2. The van der Waals surface area contributed by atoms with Crippen LogP contribution in [-0.2, 0) is 16.6 Å². The normalized spacial score (nSPS) is 13.7.